The highest BCUT2D eigenvalue weighted by atomic mass is 19.1. The molecule has 0 bridgehead atoms. The summed E-state index contributed by atoms with van der Waals surface area (Å²) in [5, 5.41) is 0.221. The monoisotopic (exact) mass is 489 g/mol. The highest BCUT2D eigenvalue weighted by molar-refractivity contribution is 5.79. The number of carbonyl (C=O) groups excluding carboxylic acids is 1. The van der Waals surface area contributed by atoms with Crippen LogP contribution in [-0.4, -0.2) is 45.3 Å². The summed E-state index contributed by atoms with van der Waals surface area (Å²) in [7, 11) is 0. The maximum absolute atomic E-state index is 14.1. The lowest BCUT2D eigenvalue weighted by molar-refractivity contribution is 0.0127. The van der Waals surface area contributed by atoms with Crippen molar-refractivity contribution in [2.75, 3.05) is 13.1 Å². The highest BCUT2D eigenvalue weighted by Gasteiger charge is 2.27. The Morgan fingerprint density at radius 2 is 1.74 bits per heavy atom. The lowest BCUT2D eigenvalue weighted by atomic mass is 10.1. The number of hydrogen-bond acceptors (Lipinski definition) is 5. The van der Waals surface area contributed by atoms with Gasteiger partial charge in [-0.3, -0.25) is 4.79 Å². The van der Waals surface area contributed by atoms with Crippen LogP contribution in [0.5, 0.6) is 5.75 Å². The van der Waals surface area contributed by atoms with Crippen LogP contribution in [0, 0.1) is 17.5 Å². The quantitative estimate of drug-likeness (QED) is 0.534. The molecule has 1 aliphatic rings. The molecule has 0 atom stereocenters. The van der Waals surface area contributed by atoms with Gasteiger partial charge >= 0.3 is 6.09 Å². The molecule has 4 rings (SSSR count). The Morgan fingerprint density at radius 1 is 1.09 bits per heavy atom. The van der Waals surface area contributed by atoms with Gasteiger partial charge in [0.05, 0.1) is 23.8 Å². The van der Waals surface area contributed by atoms with Crippen LogP contribution in [0.3, 0.4) is 0 Å². The molecule has 2 aromatic carbocycles. The Bertz CT molecular complexity index is 1290. The SMILES string of the molecule is CC(C)(C)OC(=O)N1CCC(Oc2ccc3c(c2)c(=O)ncn3Cc2c(F)cc(F)cc2F)CC1. The van der Waals surface area contributed by atoms with Gasteiger partial charge in [0, 0.05) is 43.6 Å². The van der Waals surface area contributed by atoms with Crippen molar-refractivity contribution in [3.63, 3.8) is 0 Å². The second kappa shape index (κ2) is 9.59. The average molecular weight is 489 g/mol. The molecule has 1 aromatic heterocycles. The van der Waals surface area contributed by atoms with E-state index in [9.17, 15) is 22.8 Å². The molecule has 0 N–H and O–H groups in total. The molecule has 0 radical (unpaired) electrons. The number of likely N-dealkylation sites (tertiary alicyclic amines) is 1. The molecule has 0 aliphatic carbocycles. The zero-order valence-electron chi connectivity index (χ0n) is 19.7. The van der Waals surface area contributed by atoms with Crippen molar-refractivity contribution in [1.29, 1.82) is 0 Å². The number of piperidine rings is 1. The Kier molecular flexibility index (Phi) is 6.73. The maximum Gasteiger partial charge on any atom is 0.410 e. The molecule has 7 nitrogen and oxygen atoms in total. The van der Waals surface area contributed by atoms with E-state index in [1.807, 2.05) is 20.8 Å². The normalized spacial score (nSPS) is 14.9. The van der Waals surface area contributed by atoms with Crippen LogP contribution < -0.4 is 10.3 Å². The first-order chi connectivity index (χ1) is 16.5. The molecule has 1 aliphatic heterocycles. The molecular formula is C25H26F3N3O4. The van der Waals surface area contributed by atoms with Crippen molar-refractivity contribution >= 4 is 17.0 Å². The number of aromatic nitrogens is 2. The summed E-state index contributed by atoms with van der Waals surface area (Å²) in [5.74, 6) is -2.60. The number of hydrogen-bond donors (Lipinski definition) is 0. The van der Waals surface area contributed by atoms with E-state index in [4.69, 9.17) is 9.47 Å². The van der Waals surface area contributed by atoms with E-state index >= 15 is 0 Å². The van der Waals surface area contributed by atoms with E-state index in [0.717, 1.165) is 0 Å². The van der Waals surface area contributed by atoms with Gasteiger partial charge in [-0.15, -0.1) is 0 Å². The van der Waals surface area contributed by atoms with Gasteiger partial charge < -0.3 is 18.9 Å². The fourth-order valence-electron chi connectivity index (χ4n) is 3.96. The first kappa shape index (κ1) is 24.6. The minimum atomic E-state index is -1.02. The summed E-state index contributed by atoms with van der Waals surface area (Å²) < 4.78 is 54.4. The van der Waals surface area contributed by atoms with Crippen LogP contribution in [-0.2, 0) is 11.3 Å². The zero-order chi connectivity index (χ0) is 25.3. The van der Waals surface area contributed by atoms with Crippen molar-refractivity contribution in [2.24, 2.45) is 0 Å². The number of fused-ring (bicyclic) bond motifs is 1. The third kappa shape index (κ3) is 5.75. The summed E-state index contributed by atoms with van der Waals surface area (Å²) in [4.78, 5) is 30.1. The van der Waals surface area contributed by atoms with E-state index in [1.54, 1.807) is 23.1 Å². The van der Waals surface area contributed by atoms with Crippen molar-refractivity contribution in [3.05, 3.63) is 70.0 Å². The van der Waals surface area contributed by atoms with Crippen LogP contribution >= 0.6 is 0 Å². The first-order valence-electron chi connectivity index (χ1n) is 11.3. The summed E-state index contributed by atoms with van der Waals surface area (Å²) in [6.45, 7) is 6.14. The minimum Gasteiger partial charge on any atom is -0.490 e. The van der Waals surface area contributed by atoms with Gasteiger partial charge in [0.25, 0.3) is 5.56 Å². The standard InChI is InChI=1S/C25H26F3N3O4/c1-25(2,3)35-24(33)30-8-6-16(7-9-30)34-17-4-5-22-18(12-17)23(32)29-14-31(22)13-19-20(27)10-15(26)11-21(19)28/h4-5,10-12,14,16H,6-9,13H2,1-3H3. The summed E-state index contributed by atoms with van der Waals surface area (Å²) in [5.41, 5.74) is -1.01. The summed E-state index contributed by atoms with van der Waals surface area (Å²) in [6, 6.07) is 6.03. The third-order valence-corrected chi connectivity index (χ3v) is 5.65. The molecule has 1 saturated heterocycles. The Hall–Kier alpha value is -3.56. The second-order valence-corrected chi connectivity index (χ2v) is 9.49. The third-order valence-electron chi connectivity index (χ3n) is 5.65. The van der Waals surface area contributed by atoms with Crippen LogP contribution in [0.25, 0.3) is 10.9 Å². The van der Waals surface area contributed by atoms with Gasteiger partial charge in [-0.1, -0.05) is 0 Å². The van der Waals surface area contributed by atoms with Gasteiger partial charge in [-0.05, 0) is 39.0 Å². The first-order valence-corrected chi connectivity index (χ1v) is 11.3. The number of benzene rings is 2. The van der Waals surface area contributed by atoms with E-state index in [2.05, 4.69) is 4.98 Å². The van der Waals surface area contributed by atoms with Crippen molar-refractivity contribution < 1.29 is 27.4 Å². The minimum absolute atomic E-state index is 0.160. The Morgan fingerprint density at radius 3 is 2.37 bits per heavy atom. The topological polar surface area (TPSA) is 73.7 Å². The predicted molar refractivity (Wildman–Crippen MR) is 123 cm³/mol. The van der Waals surface area contributed by atoms with Gasteiger partial charge in [0.1, 0.15) is 34.9 Å². The number of halogens is 3. The number of rotatable bonds is 4. The van der Waals surface area contributed by atoms with Gasteiger partial charge in [0.15, 0.2) is 0 Å². The van der Waals surface area contributed by atoms with Crippen LogP contribution in [0.1, 0.15) is 39.2 Å². The lowest BCUT2D eigenvalue weighted by Gasteiger charge is -2.33. The molecular weight excluding hydrogens is 463 g/mol. The lowest BCUT2D eigenvalue weighted by Crippen LogP contribution is -2.44. The van der Waals surface area contributed by atoms with E-state index < -0.39 is 28.6 Å². The second-order valence-electron chi connectivity index (χ2n) is 9.49. The molecule has 0 saturated carbocycles. The molecule has 3 aromatic rings. The number of nitrogens with zero attached hydrogens (tertiary/aromatic N) is 3. The Balaban J connectivity index is 1.49. The van der Waals surface area contributed by atoms with E-state index in [0.29, 0.717) is 49.3 Å². The van der Waals surface area contributed by atoms with E-state index in [-0.39, 0.29) is 29.7 Å². The maximum atomic E-state index is 14.1. The smallest absolute Gasteiger partial charge is 0.410 e. The Labute approximate surface area is 200 Å². The number of ether oxygens (including phenoxy) is 2. The molecule has 186 valence electrons. The molecule has 35 heavy (non-hydrogen) atoms. The largest absolute Gasteiger partial charge is 0.490 e. The van der Waals surface area contributed by atoms with Crippen LogP contribution in [0.15, 0.2) is 41.5 Å². The van der Waals surface area contributed by atoms with Crippen LogP contribution in [0.2, 0.25) is 0 Å². The van der Waals surface area contributed by atoms with Gasteiger partial charge in [0.2, 0.25) is 0 Å². The zero-order valence-corrected chi connectivity index (χ0v) is 19.7. The van der Waals surface area contributed by atoms with Crippen LogP contribution in [0.4, 0.5) is 18.0 Å². The highest BCUT2D eigenvalue weighted by Crippen LogP contribution is 2.24. The summed E-state index contributed by atoms with van der Waals surface area (Å²) in [6.07, 6.45) is 1.87. The fraction of sp³-hybridized carbons (Fsp3) is 0.400. The molecule has 2 heterocycles. The van der Waals surface area contributed by atoms with Gasteiger partial charge in [-0.2, -0.15) is 4.98 Å². The van der Waals surface area contributed by atoms with Crippen molar-refractivity contribution in [3.8, 4) is 5.75 Å². The van der Waals surface area contributed by atoms with Crippen molar-refractivity contribution in [2.45, 2.75) is 51.9 Å². The van der Waals surface area contributed by atoms with Crippen molar-refractivity contribution in [1.82, 2.24) is 14.5 Å². The summed E-state index contributed by atoms with van der Waals surface area (Å²) >= 11 is 0. The molecule has 10 heteroatoms. The molecule has 1 amide bonds. The van der Waals surface area contributed by atoms with Gasteiger partial charge in [-0.25, -0.2) is 18.0 Å². The fourth-order valence-corrected chi connectivity index (χ4v) is 3.96. The molecule has 0 spiro atoms. The molecule has 1 fully saturated rings. The van der Waals surface area contributed by atoms with E-state index in [1.165, 1.54) is 10.9 Å². The molecule has 0 unspecified atom stereocenters. The average Bonchev–Trinajstić information content (AvgIpc) is 2.77. The number of carbonyl (C=O) groups is 1. The number of amides is 1. The predicted octanol–water partition coefficient (Wildman–Crippen LogP) is 4.64.